The Balaban J connectivity index is 1.80. The highest BCUT2D eigenvalue weighted by atomic mass is 19.1. The summed E-state index contributed by atoms with van der Waals surface area (Å²) < 4.78 is 14.9. The molecule has 7 nitrogen and oxygen atoms in total. The van der Waals surface area contributed by atoms with E-state index in [-0.39, 0.29) is 6.61 Å². The number of nitrogens with zero attached hydrogens (tertiary/aromatic N) is 3. The normalized spacial score (nSPS) is 12.3. The topological polar surface area (TPSA) is 99.8 Å². The number of carbonyl (C=O) groups excluding carboxylic acids is 1. The van der Waals surface area contributed by atoms with Crippen LogP contribution in [0, 0.1) is 5.82 Å². The van der Waals surface area contributed by atoms with E-state index in [1.807, 2.05) is 0 Å². The van der Waals surface area contributed by atoms with Crippen LogP contribution in [0.3, 0.4) is 0 Å². The Morgan fingerprint density at radius 1 is 1.40 bits per heavy atom. The molecule has 0 aliphatic carbocycles. The second kappa shape index (κ2) is 6.86. The summed E-state index contributed by atoms with van der Waals surface area (Å²) in [5.74, 6) is -1.57. The number of hydrogen-bond acceptors (Lipinski definition) is 5. The molecule has 2 heterocycles. The standard InChI is InChI=1S/C17H17FN4O3/c1-10(12-2-3-15(24)14(18)6-12)21-17(25)13-8-20-22-9-11(4-5-23)7-19-16(13)22/h2-3,6-10,23-24H,4-5H2,1H3,(H,21,25). The zero-order valence-corrected chi connectivity index (χ0v) is 13.5. The van der Waals surface area contributed by atoms with Gasteiger partial charge in [-0.15, -0.1) is 0 Å². The van der Waals surface area contributed by atoms with Crippen LogP contribution in [-0.4, -0.2) is 37.3 Å². The molecule has 1 amide bonds. The van der Waals surface area contributed by atoms with Gasteiger partial charge in [-0.25, -0.2) is 13.9 Å². The fourth-order valence-electron chi connectivity index (χ4n) is 2.48. The molecule has 0 spiro atoms. The molecular weight excluding hydrogens is 327 g/mol. The van der Waals surface area contributed by atoms with Gasteiger partial charge in [0.25, 0.3) is 5.91 Å². The van der Waals surface area contributed by atoms with Crippen molar-refractivity contribution >= 4 is 11.6 Å². The van der Waals surface area contributed by atoms with Crippen LogP contribution in [0.1, 0.15) is 34.5 Å². The lowest BCUT2D eigenvalue weighted by Gasteiger charge is -2.14. The van der Waals surface area contributed by atoms with E-state index in [1.54, 1.807) is 25.4 Å². The van der Waals surface area contributed by atoms with Gasteiger partial charge in [0.1, 0.15) is 5.56 Å². The predicted octanol–water partition coefficient (Wildman–Crippen LogP) is 1.60. The van der Waals surface area contributed by atoms with Crippen LogP contribution in [0.4, 0.5) is 4.39 Å². The van der Waals surface area contributed by atoms with E-state index in [2.05, 4.69) is 15.4 Å². The third-order valence-corrected chi connectivity index (χ3v) is 3.87. The van der Waals surface area contributed by atoms with Gasteiger partial charge in [-0.2, -0.15) is 5.10 Å². The Morgan fingerprint density at radius 2 is 2.20 bits per heavy atom. The van der Waals surface area contributed by atoms with Crippen LogP contribution in [0.25, 0.3) is 5.65 Å². The molecule has 3 rings (SSSR count). The molecule has 0 bridgehead atoms. The maximum absolute atomic E-state index is 13.5. The molecule has 1 unspecified atom stereocenters. The van der Waals surface area contributed by atoms with Crippen LogP contribution >= 0.6 is 0 Å². The van der Waals surface area contributed by atoms with Crippen molar-refractivity contribution < 1.29 is 19.4 Å². The molecule has 25 heavy (non-hydrogen) atoms. The highest BCUT2D eigenvalue weighted by Gasteiger charge is 2.17. The molecular formula is C17H17FN4O3. The smallest absolute Gasteiger partial charge is 0.257 e. The van der Waals surface area contributed by atoms with E-state index in [9.17, 15) is 14.3 Å². The number of carbonyl (C=O) groups is 1. The number of amides is 1. The zero-order chi connectivity index (χ0) is 18.0. The van der Waals surface area contributed by atoms with Crippen molar-refractivity contribution in [1.29, 1.82) is 0 Å². The largest absolute Gasteiger partial charge is 0.505 e. The Bertz CT molecular complexity index is 925. The summed E-state index contributed by atoms with van der Waals surface area (Å²) in [5, 5.41) is 25.1. The van der Waals surface area contributed by atoms with E-state index in [0.29, 0.717) is 23.2 Å². The molecule has 130 valence electrons. The minimum absolute atomic E-state index is 0.00248. The average Bonchev–Trinajstić information content (AvgIpc) is 3.01. The maximum atomic E-state index is 13.5. The molecule has 0 radical (unpaired) electrons. The van der Waals surface area contributed by atoms with Crippen LogP contribution in [0.2, 0.25) is 0 Å². The Labute approximate surface area is 142 Å². The summed E-state index contributed by atoms with van der Waals surface area (Å²) in [6.45, 7) is 1.71. The lowest BCUT2D eigenvalue weighted by Crippen LogP contribution is -2.26. The number of nitrogens with one attached hydrogen (secondary N) is 1. The lowest BCUT2D eigenvalue weighted by atomic mass is 10.1. The number of aromatic hydroxyl groups is 1. The van der Waals surface area contributed by atoms with E-state index in [4.69, 9.17) is 5.11 Å². The summed E-state index contributed by atoms with van der Waals surface area (Å²) in [4.78, 5) is 16.7. The third-order valence-electron chi connectivity index (χ3n) is 3.87. The molecule has 3 aromatic rings. The van der Waals surface area contributed by atoms with Gasteiger partial charge >= 0.3 is 0 Å². The fourth-order valence-corrected chi connectivity index (χ4v) is 2.48. The van der Waals surface area contributed by atoms with Gasteiger partial charge in [0.05, 0.1) is 12.2 Å². The van der Waals surface area contributed by atoms with Crippen molar-refractivity contribution in [2.75, 3.05) is 6.61 Å². The average molecular weight is 344 g/mol. The number of aromatic nitrogens is 3. The van der Waals surface area contributed by atoms with E-state index in [0.717, 1.165) is 5.56 Å². The Hall–Kier alpha value is -3.00. The van der Waals surface area contributed by atoms with Crippen molar-refractivity contribution in [2.24, 2.45) is 0 Å². The number of rotatable bonds is 5. The van der Waals surface area contributed by atoms with Gasteiger partial charge in [0.2, 0.25) is 0 Å². The van der Waals surface area contributed by atoms with Gasteiger partial charge in [-0.3, -0.25) is 4.79 Å². The number of fused-ring (bicyclic) bond motifs is 1. The molecule has 3 N–H and O–H groups in total. The first kappa shape index (κ1) is 16.8. The van der Waals surface area contributed by atoms with Gasteiger partial charge < -0.3 is 15.5 Å². The van der Waals surface area contributed by atoms with Crippen LogP contribution < -0.4 is 5.32 Å². The first-order chi connectivity index (χ1) is 12.0. The number of aliphatic hydroxyl groups excluding tert-OH is 1. The SMILES string of the molecule is CC(NC(=O)c1cnn2cc(CCO)cnc12)c1ccc(O)c(F)c1. The molecule has 0 aliphatic heterocycles. The van der Waals surface area contributed by atoms with Crippen molar-refractivity contribution in [3.63, 3.8) is 0 Å². The fraction of sp³-hybridized carbons (Fsp3) is 0.235. The lowest BCUT2D eigenvalue weighted by molar-refractivity contribution is 0.0941. The molecule has 1 aromatic carbocycles. The Morgan fingerprint density at radius 3 is 2.92 bits per heavy atom. The van der Waals surface area contributed by atoms with Gasteiger partial charge in [0.15, 0.2) is 17.2 Å². The summed E-state index contributed by atoms with van der Waals surface area (Å²) in [6, 6.07) is 3.49. The Kier molecular flexibility index (Phi) is 4.62. The van der Waals surface area contributed by atoms with E-state index < -0.39 is 23.5 Å². The third kappa shape index (κ3) is 3.43. The maximum Gasteiger partial charge on any atom is 0.257 e. The highest BCUT2D eigenvalue weighted by Crippen LogP contribution is 2.21. The van der Waals surface area contributed by atoms with Gasteiger partial charge in [0, 0.05) is 19.0 Å². The quantitative estimate of drug-likeness (QED) is 0.653. The van der Waals surface area contributed by atoms with Crippen LogP contribution in [0.15, 0.2) is 36.8 Å². The predicted molar refractivity (Wildman–Crippen MR) is 87.7 cm³/mol. The summed E-state index contributed by atoms with van der Waals surface area (Å²) in [7, 11) is 0. The first-order valence-electron chi connectivity index (χ1n) is 7.72. The monoisotopic (exact) mass is 344 g/mol. The summed E-state index contributed by atoms with van der Waals surface area (Å²) in [6.07, 6.45) is 5.15. The number of phenolic OH excluding ortho intramolecular Hbond substituents is 1. The van der Waals surface area contributed by atoms with Gasteiger partial charge in [-0.1, -0.05) is 6.07 Å². The van der Waals surface area contributed by atoms with Crippen molar-refractivity contribution in [3.8, 4) is 5.75 Å². The number of hydrogen-bond donors (Lipinski definition) is 3. The minimum Gasteiger partial charge on any atom is -0.505 e. The molecule has 1 atom stereocenters. The van der Waals surface area contributed by atoms with Gasteiger partial charge in [-0.05, 0) is 36.6 Å². The van der Waals surface area contributed by atoms with Crippen molar-refractivity contribution in [3.05, 3.63) is 59.3 Å². The molecule has 0 saturated carbocycles. The second-order valence-electron chi connectivity index (χ2n) is 5.67. The van der Waals surface area contributed by atoms with Crippen molar-refractivity contribution in [1.82, 2.24) is 19.9 Å². The number of halogens is 1. The minimum atomic E-state index is -0.743. The number of aliphatic hydroxyl groups is 1. The second-order valence-corrected chi connectivity index (χ2v) is 5.67. The zero-order valence-electron chi connectivity index (χ0n) is 13.5. The molecule has 0 saturated heterocycles. The number of benzene rings is 1. The first-order valence-corrected chi connectivity index (χ1v) is 7.72. The summed E-state index contributed by atoms with van der Waals surface area (Å²) in [5.41, 5.74) is 2.02. The highest BCUT2D eigenvalue weighted by molar-refractivity contribution is 5.99. The van der Waals surface area contributed by atoms with Crippen molar-refractivity contribution in [2.45, 2.75) is 19.4 Å². The molecule has 8 heteroatoms. The van der Waals surface area contributed by atoms with Crippen LogP contribution in [0.5, 0.6) is 5.75 Å². The number of phenols is 1. The molecule has 0 aliphatic rings. The molecule has 0 fully saturated rings. The molecule has 2 aromatic heterocycles. The van der Waals surface area contributed by atoms with E-state index >= 15 is 0 Å². The summed E-state index contributed by atoms with van der Waals surface area (Å²) >= 11 is 0. The van der Waals surface area contributed by atoms with E-state index in [1.165, 1.54) is 22.8 Å². The van der Waals surface area contributed by atoms with Crippen LogP contribution in [-0.2, 0) is 6.42 Å².